The van der Waals surface area contributed by atoms with Crippen molar-refractivity contribution < 1.29 is 9.52 Å². The highest BCUT2D eigenvalue weighted by Crippen LogP contribution is 2.05. The highest BCUT2D eigenvalue weighted by atomic mass is 32.1. The lowest BCUT2D eigenvalue weighted by atomic mass is 10.5. The van der Waals surface area contributed by atoms with Gasteiger partial charge in [-0.05, 0) is 12.1 Å². The van der Waals surface area contributed by atoms with Gasteiger partial charge in [0.05, 0.1) is 12.0 Å². The van der Waals surface area contributed by atoms with E-state index in [0.29, 0.717) is 5.75 Å². The molecular formula is C7H8O2S-. The van der Waals surface area contributed by atoms with Crippen LogP contribution in [0.25, 0.3) is 0 Å². The van der Waals surface area contributed by atoms with Crippen molar-refractivity contribution in [3.8, 4) is 0 Å². The summed E-state index contributed by atoms with van der Waals surface area (Å²) < 4.78 is 5.01. The van der Waals surface area contributed by atoms with Gasteiger partial charge in [0.25, 0.3) is 0 Å². The maximum absolute atomic E-state index is 10.5. The van der Waals surface area contributed by atoms with Crippen LogP contribution in [0.15, 0.2) is 22.8 Å². The maximum Gasteiger partial charge on any atom is 0.117 e. The van der Waals surface area contributed by atoms with E-state index in [-0.39, 0.29) is 5.05 Å². The molecule has 1 aromatic rings. The lowest BCUT2D eigenvalue weighted by molar-refractivity contribution is -0.209. The van der Waals surface area contributed by atoms with E-state index in [1.807, 2.05) is 12.1 Å². The molecule has 0 aromatic carbocycles. The Balaban J connectivity index is 2.49. The van der Waals surface area contributed by atoms with E-state index in [1.54, 1.807) is 13.2 Å². The zero-order chi connectivity index (χ0) is 7.40. The summed E-state index contributed by atoms with van der Waals surface area (Å²) in [5.74, 6) is 1.49. The second-order valence-electron chi connectivity index (χ2n) is 1.86. The highest BCUT2D eigenvalue weighted by molar-refractivity contribution is 7.97. The van der Waals surface area contributed by atoms with Gasteiger partial charge in [0.15, 0.2) is 0 Å². The van der Waals surface area contributed by atoms with E-state index >= 15 is 0 Å². The largest absolute Gasteiger partial charge is 0.823 e. The van der Waals surface area contributed by atoms with Crippen LogP contribution in [-0.2, 0) is 5.75 Å². The molecule has 55 valence electrons. The van der Waals surface area contributed by atoms with Crippen LogP contribution in [0.3, 0.4) is 0 Å². The van der Waals surface area contributed by atoms with Gasteiger partial charge in [-0.2, -0.15) is 11.4 Å². The first-order valence-electron chi connectivity index (χ1n) is 2.95. The molecule has 0 saturated carbocycles. The van der Waals surface area contributed by atoms with Crippen LogP contribution in [-0.4, -0.2) is 5.05 Å². The van der Waals surface area contributed by atoms with Crippen molar-refractivity contribution in [3.05, 3.63) is 24.2 Å². The Bertz CT molecular complexity index is 210. The van der Waals surface area contributed by atoms with Gasteiger partial charge in [0.1, 0.15) is 5.76 Å². The molecule has 0 fully saturated rings. The Kier molecular flexibility index (Phi) is 2.59. The van der Waals surface area contributed by atoms with Crippen LogP contribution in [0.1, 0.15) is 12.7 Å². The third kappa shape index (κ3) is 2.29. The topological polar surface area (TPSA) is 36.2 Å². The molecule has 1 aromatic heterocycles. The van der Waals surface area contributed by atoms with E-state index in [0.717, 1.165) is 5.76 Å². The van der Waals surface area contributed by atoms with E-state index < -0.39 is 0 Å². The van der Waals surface area contributed by atoms with E-state index in [4.69, 9.17) is 4.42 Å². The van der Waals surface area contributed by atoms with Gasteiger partial charge in [-0.25, -0.2) is 0 Å². The Morgan fingerprint density at radius 3 is 3.10 bits per heavy atom. The van der Waals surface area contributed by atoms with Gasteiger partial charge in [0.2, 0.25) is 0 Å². The molecule has 0 saturated heterocycles. The molecule has 2 nitrogen and oxygen atoms in total. The summed E-state index contributed by atoms with van der Waals surface area (Å²) >= 11 is 1.26. The molecule has 1 radical (unpaired) electrons. The summed E-state index contributed by atoms with van der Waals surface area (Å²) in [7, 11) is 0. The van der Waals surface area contributed by atoms with E-state index in [9.17, 15) is 5.11 Å². The summed E-state index contributed by atoms with van der Waals surface area (Å²) in [6, 6.07) is 3.67. The lowest BCUT2D eigenvalue weighted by Gasteiger charge is -1.99. The molecule has 0 aliphatic heterocycles. The quantitative estimate of drug-likeness (QED) is 0.599. The minimum atomic E-state index is 0.122. The lowest BCUT2D eigenvalue weighted by Crippen LogP contribution is -2.09. The molecule has 1 heterocycles. The van der Waals surface area contributed by atoms with Crippen molar-refractivity contribution in [2.24, 2.45) is 0 Å². The minimum absolute atomic E-state index is 0.122. The molecular weight excluding hydrogens is 148 g/mol. The highest BCUT2D eigenvalue weighted by Gasteiger charge is 1.88. The molecule has 0 N–H and O–H groups in total. The van der Waals surface area contributed by atoms with Gasteiger partial charge in [0, 0.05) is 0 Å². The van der Waals surface area contributed by atoms with Gasteiger partial charge in [-0.15, -0.1) is 5.05 Å². The Labute approximate surface area is 63.4 Å². The maximum atomic E-state index is 10.5. The SMILES string of the molecule is CC([O-])=[S]Cc1ccco1. The number of rotatable bonds is 2. The van der Waals surface area contributed by atoms with Crippen molar-refractivity contribution in [2.75, 3.05) is 0 Å². The molecule has 0 aliphatic rings. The standard InChI is InChI=1S/C7H9O2S/c1-6(8)10-5-7-3-2-4-9-7/h2-4,8H,5H2,1H3/p-1. The summed E-state index contributed by atoms with van der Waals surface area (Å²) in [5.41, 5.74) is 0. The molecule has 0 atom stereocenters. The fourth-order valence-corrected chi connectivity index (χ4v) is 1.08. The Morgan fingerprint density at radius 1 is 1.80 bits per heavy atom. The van der Waals surface area contributed by atoms with Gasteiger partial charge in [-0.1, -0.05) is 6.92 Å². The predicted octanol–water partition coefficient (Wildman–Crippen LogP) is 1.02. The van der Waals surface area contributed by atoms with Crippen molar-refractivity contribution in [1.82, 2.24) is 0 Å². The van der Waals surface area contributed by atoms with Crippen LogP contribution in [0.2, 0.25) is 0 Å². The molecule has 0 bridgehead atoms. The second kappa shape index (κ2) is 3.49. The fraction of sp³-hybridized carbons (Fsp3) is 0.286. The average molecular weight is 156 g/mol. The first kappa shape index (κ1) is 7.44. The molecule has 3 heteroatoms. The van der Waals surface area contributed by atoms with Crippen LogP contribution in [0, 0.1) is 0 Å². The first-order valence-corrected chi connectivity index (χ1v) is 3.93. The van der Waals surface area contributed by atoms with Crippen LogP contribution < -0.4 is 5.11 Å². The normalized spacial score (nSPS) is 12.0. The first-order chi connectivity index (χ1) is 4.79. The van der Waals surface area contributed by atoms with Crippen LogP contribution in [0.5, 0.6) is 0 Å². The molecule has 1 rings (SSSR count). The number of hydrogen-bond donors (Lipinski definition) is 0. The van der Waals surface area contributed by atoms with E-state index in [1.165, 1.54) is 11.4 Å². The van der Waals surface area contributed by atoms with Gasteiger partial charge < -0.3 is 9.52 Å². The summed E-state index contributed by atoms with van der Waals surface area (Å²) in [6.07, 6.45) is 1.61. The molecule has 0 unspecified atom stereocenters. The minimum Gasteiger partial charge on any atom is -0.823 e. The summed E-state index contributed by atoms with van der Waals surface area (Å²) in [4.78, 5) is 0. The number of hydrogen-bond acceptors (Lipinski definition) is 2. The van der Waals surface area contributed by atoms with E-state index in [2.05, 4.69) is 0 Å². The summed E-state index contributed by atoms with van der Waals surface area (Å²) in [6.45, 7) is 1.55. The van der Waals surface area contributed by atoms with Crippen LogP contribution >= 0.6 is 11.4 Å². The van der Waals surface area contributed by atoms with Gasteiger partial charge >= 0.3 is 0 Å². The smallest absolute Gasteiger partial charge is 0.117 e. The predicted molar refractivity (Wildman–Crippen MR) is 40.7 cm³/mol. The Hall–Kier alpha value is -0.670. The number of furan rings is 1. The molecule has 10 heavy (non-hydrogen) atoms. The van der Waals surface area contributed by atoms with Crippen molar-refractivity contribution in [2.45, 2.75) is 12.7 Å². The third-order valence-electron chi connectivity index (χ3n) is 0.998. The zero-order valence-corrected chi connectivity index (χ0v) is 6.48. The van der Waals surface area contributed by atoms with Gasteiger partial charge in [-0.3, -0.25) is 0 Å². The van der Waals surface area contributed by atoms with Crippen molar-refractivity contribution in [1.29, 1.82) is 0 Å². The third-order valence-corrected chi connectivity index (χ3v) is 1.83. The molecule has 0 spiro atoms. The average Bonchev–Trinajstić information content (AvgIpc) is 2.34. The fourth-order valence-electron chi connectivity index (χ4n) is 0.567. The monoisotopic (exact) mass is 156 g/mol. The Morgan fingerprint density at radius 2 is 2.60 bits per heavy atom. The van der Waals surface area contributed by atoms with Crippen molar-refractivity contribution in [3.63, 3.8) is 0 Å². The van der Waals surface area contributed by atoms with Crippen LogP contribution in [0.4, 0.5) is 0 Å². The zero-order valence-electron chi connectivity index (χ0n) is 5.66. The molecule has 0 amide bonds. The second-order valence-corrected chi connectivity index (χ2v) is 3.01. The van der Waals surface area contributed by atoms with Crippen molar-refractivity contribution >= 4 is 16.4 Å². The summed E-state index contributed by atoms with van der Waals surface area (Å²) in [5, 5.41) is 10.6. The molecule has 0 aliphatic carbocycles.